The fourth-order valence-electron chi connectivity index (χ4n) is 1.69. The Morgan fingerprint density at radius 2 is 2.14 bits per heavy atom. The molecule has 5 heteroatoms. The van der Waals surface area contributed by atoms with Crippen molar-refractivity contribution in [2.75, 3.05) is 23.9 Å². The van der Waals surface area contributed by atoms with Gasteiger partial charge in [-0.25, -0.2) is 0 Å². The molecule has 1 aromatic rings. The topological polar surface area (TPSA) is 29.0 Å². The third kappa shape index (κ3) is 2.17. The molecule has 2 rings (SSSR count). The van der Waals surface area contributed by atoms with Crippen LogP contribution in [-0.4, -0.2) is 29.2 Å². The first-order valence-corrected chi connectivity index (χ1v) is 6.25. The monoisotopic (exact) mass is 231 g/mol. The number of aryl methyl sites for hydroxylation is 1. The maximum Gasteiger partial charge on any atom is 0.208 e. The summed E-state index contributed by atoms with van der Waals surface area (Å²) in [7, 11) is 0. The summed E-state index contributed by atoms with van der Waals surface area (Å²) >= 11 is 7.51. The first kappa shape index (κ1) is 10.2. The van der Waals surface area contributed by atoms with Crippen molar-refractivity contribution >= 4 is 28.1 Å². The van der Waals surface area contributed by atoms with E-state index < -0.39 is 0 Å². The third-order valence-corrected chi connectivity index (χ3v) is 3.95. The number of hydrogen-bond donors (Lipinski definition) is 0. The standard InChI is InChI=1S/C9H14ClN3S/c1-7-11-12-9(14-7)13-4-2-8(6-10)3-5-13/h8H,2-6H2,1H3. The average Bonchev–Trinajstić information content (AvgIpc) is 2.65. The number of alkyl halides is 1. The number of aromatic nitrogens is 2. The highest BCUT2D eigenvalue weighted by Crippen LogP contribution is 2.25. The zero-order chi connectivity index (χ0) is 9.97. The predicted octanol–water partition coefficient (Wildman–Crippen LogP) is 2.30. The van der Waals surface area contributed by atoms with E-state index in [1.165, 1.54) is 12.8 Å². The molecule has 14 heavy (non-hydrogen) atoms. The summed E-state index contributed by atoms with van der Waals surface area (Å²) in [5.74, 6) is 1.49. The fraction of sp³-hybridized carbons (Fsp3) is 0.778. The number of piperidine rings is 1. The smallest absolute Gasteiger partial charge is 0.208 e. The van der Waals surface area contributed by atoms with Crippen LogP contribution < -0.4 is 4.90 Å². The van der Waals surface area contributed by atoms with Crippen LogP contribution in [-0.2, 0) is 0 Å². The second kappa shape index (κ2) is 4.45. The molecule has 0 spiro atoms. The Morgan fingerprint density at radius 3 is 2.64 bits per heavy atom. The molecule has 1 saturated heterocycles. The van der Waals surface area contributed by atoms with Crippen molar-refractivity contribution < 1.29 is 0 Å². The van der Waals surface area contributed by atoms with Crippen LogP contribution in [0.2, 0.25) is 0 Å². The van der Waals surface area contributed by atoms with Crippen molar-refractivity contribution in [2.24, 2.45) is 5.92 Å². The van der Waals surface area contributed by atoms with E-state index in [0.29, 0.717) is 5.92 Å². The van der Waals surface area contributed by atoms with Gasteiger partial charge in [-0.3, -0.25) is 0 Å². The Labute approximate surface area is 93.1 Å². The maximum absolute atomic E-state index is 5.83. The summed E-state index contributed by atoms with van der Waals surface area (Å²) in [4.78, 5) is 2.31. The summed E-state index contributed by atoms with van der Waals surface area (Å²) in [6.07, 6.45) is 2.37. The molecule has 0 unspecified atom stereocenters. The zero-order valence-electron chi connectivity index (χ0n) is 8.24. The summed E-state index contributed by atoms with van der Waals surface area (Å²) in [5, 5.41) is 10.3. The van der Waals surface area contributed by atoms with E-state index in [4.69, 9.17) is 11.6 Å². The average molecular weight is 232 g/mol. The largest absolute Gasteiger partial charge is 0.347 e. The van der Waals surface area contributed by atoms with Crippen molar-refractivity contribution in [1.82, 2.24) is 10.2 Å². The molecule has 0 N–H and O–H groups in total. The highest BCUT2D eigenvalue weighted by molar-refractivity contribution is 7.15. The van der Waals surface area contributed by atoms with E-state index in [2.05, 4.69) is 15.1 Å². The van der Waals surface area contributed by atoms with Crippen molar-refractivity contribution in [2.45, 2.75) is 19.8 Å². The second-order valence-electron chi connectivity index (χ2n) is 3.69. The van der Waals surface area contributed by atoms with E-state index in [0.717, 1.165) is 29.1 Å². The lowest BCUT2D eigenvalue weighted by Gasteiger charge is -2.30. The minimum absolute atomic E-state index is 0.696. The molecule has 0 aliphatic carbocycles. The van der Waals surface area contributed by atoms with Crippen LogP contribution >= 0.6 is 22.9 Å². The normalized spacial score (nSPS) is 18.9. The van der Waals surface area contributed by atoms with E-state index >= 15 is 0 Å². The maximum atomic E-state index is 5.83. The molecular formula is C9H14ClN3S. The Bertz CT molecular complexity index is 294. The molecule has 0 amide bonds. The Morgan fingerprint density at radius 1 is 1.43 bits per heavy atom. The number of halogens is 1. The first-order valence-electron chi connectivity index (χ1n) is 4.90. The molecular weight excluding hydrogens is 218 g/mol. The lowest BCUT2D eigenvalue weighted by atomic mass is 9.99. The molecule has 78 valence electrons. The minimum Gasteiger partial charge on any atom is -0.347 e. The second-order valence-corrected chi connectivity index (χ2v) is 5.16. The predicted molar refractivity (Wildman–Crippen MR) is 60.3 cm³/mol. The molecule has 1 fully saturated rings. The van der Waals surface area contributed by atoms with Crippen molar-refractivity contribution in [3.8, 4) is 0 Å². The van der Waals surface area contributed by atoms with Gasteiger partial charge in [0.25, 0.3) is 0 Å². The summed E-state index contributed by atoms with van der Waals surface area (Å²) in [5.41, 5.74) is 0. The van der Waals surface area contributed by atoms with Gasteiger partial charge in [0.1, 0.15) is 5.01 Å². The van der Waals surface area contributed by atoms with Gasteiger partial charge in [0, 0.05) is 19.0 Å². The van der Waals surface area contributed by atoms with Crippen molar-refractivity contribution in [3.05, 3.63) is 5.01 Å². The van der Waals surface area contributed by atoms with Gasteiger partial charge in [0.15, 0.2) is 0 Å². The van der Waals surface area contributed by atoms with Crippen LogP contribution in [0.4, 0.5) is 5.13 Å². The fourth-order valence-corrected chi connectivity index (χ4v) is 2.74. The van der Waals surface area contributed by atoms with Gasteiger partial charge in [0.2, 0.25) is 5.13 Å². The Balaban J connectivity index is 1.95. The SMILES string of the molecule is Cc1nnc(N2CCC(CCl)CC2)s1. The summed E-state index contributed by atoms with van der Waals surface area (Å²) < 4.78 is 0. The van der Waals surface area contributed by atoms with Gasteiger partial charge < -0.3 is 4.90 Å². The van der Waals surface area contributed by atoms with Gasteiger partial charge >= 0.3 is 0 Å². The molecule has 0 saturated carbocycles. The van der Waals surface area contributed by atoms with Gasteiger partial charge in [-0.2, -0.15) is 0 Å². The number of hydrogen-bond acceptors (Lipinski definition) is 4. The van der Waals surface area contributed by atoms with Crippen molar-refractivity contribution in [3.63, 3.8) is 0 Å². The Kier molecular flexibility index (Phi) is 3.23. The van der Waals surface area contributed by atoms with E-state index in [1.807, 2.05) is 6.92 Å². The third-order valence-electron chi connectivity index (χ3n) is 2.62. The summed E-state index contributed by atoms with van der Waals surface area (Å²) in [6.45, 7) is 4.14. The van der Waals surface area contributed by atoms with Crippen LogP contribution in [0, 0.1) is 12.8 Å². The Hall–Kier alpha value is -0.350. The van der Waals surface area contributed by atoms with Gasteiger partial charge in [-0.05, 0) is 25.7 Å². The molecule has 1 aromatic heterocycles. The van der Waals surface area contributed by atoms with Crippen LogP contribution in [0.5, 0.6) is 0 Å². The van der Waals surface area contributed by atoms with E-state index in [1.54, 1.807) is 11.3 Å². The van der Waals surface area contributed by atoms with Crippen LogP contribution in [0.1, 0.15) is 17.8 Å². The van der Waals surface area contributed by atoms with E-state index in [9.17, 15) is 0 Å². The number of rotatable bonds is 2. The quantitative estimate of drug-likeness (QED) is 0.732. The molecule has 2 heterocycles. The molecule has 1 aliphatic rings. The molecule has 0 bridgehead atoms. The first-order chi connectivity index (χ1) is 6.79. The van der Waals surface area contributed by atoms with Crippen LogP contribution in [0.15, 0.2) is 0 Å². The van der Waals surface area contributed by atoms with Gasteiger partial charge in [-0.15, -0.1) is 21.8 Å². The van der Waals surface area contributed by atoms with Crippen LogP contribution in [0.3, 0.4) is 0 Å². The number of nitrogens with zero attached hydrogens (tertiary/aromatic N) is 3. The van der Waals surface area contributed by atoms with Crippen LogP contribution in [0.25, 0.3) is 0 Å². The van der Waals surface area contributed by atoms with Gasteiger partial charge in [-0.1, -0.05) is 11.3 Å². The number of anilines is 1. The summed E-state index contributed by atoms with van der Waals surface area (Å²) in [6, 6.07) is 0. The van der Waals surface area contributed by atoms with E-state index in [-0.39, 0.29) is 0 Å². The highest BCUT2D eigenvalue weighted by atomic mass is 35.5. The zero-order valence-corrected chi connectivity index (χ0v) is 9.81. The molecule has 3 nitrogen and oxygen atoms in total. The lowest BCUT2D eigenvalue weighted by molar-refractivity contribution is 0.442. The molecule has 0 atom stereocenters. The molecule has 1 aliphatic heterocycles. The minimum atomic E-state index is 0.696. The molecule has 0 radical (unpaired) electrons. The highest BCUT2D eigenvalue weighted by Gasteiger charge is 2.20. The van der Waals surface area contributed by atoms with Crippen molar-refractivity contribution in [1.29, 1.82) is 0 Å². The lowest BCUT2D eigenvalue weighted by Crippen LogP contribution is -2.34. The molecule has 0 aromatic carbocycles. The van der Waals surface area contributed by atoms with Gasteiger partial charge in [0.05, 0.1) is 0 Å².